The number of nitrogens with one attached hydrogen (secondary N) is 1. The quantitative estimate of drug-likeness (QED) is 0.728. The van der Waals surface area contributed by atoms with Gasteiger partial charge in [0.2, 0.25) is 0 Å². The molecule has 0 aromatic carbocycles. The molecule has 0 radical (unpaired) electrons. The van der Waals surface area contributed by atoms with Gasteiger partial charge < -0.3 is 10.1 Å². The van der Waals surface area contributed by atoms with Crippen LogP contribution in [0.5, 0.6) is 0 Å². The molecule has 0 saturated carbocycles. The smallest absolute Gasteiger partial charge is 0.103 e. The molecule has 3 heteroatoms. The van der Waals surface area contributed by atoms with Gasteiger partial charge >= 0.3 is 0 Å². The molecule has 0 aliphatic carbocycles. The Morgan fingerprint density at radius 1 is 1.50 bits per heavy atom. The fraction of sp³-hybridized carbons (Fsp3) is 0.545. The van der Waals surface area contributed by atoms with Gasteiger partial charge in [0.1, 0.15) is 5.60 Å². The molecule has 1 saturated heterocycles. The lowest BCUT2D eigenvalue weighted by molar-refractivity contribution is -0.0728. The minimum Gasteiger partial charge on any atom is -0.368 e. The Bertz CT molecular complexity index is 291. The van der Waals surface area contributed by atoms with E-state index in [-0.39, 0.29) is 5.60 Å². The Balaban J connectivity index is 2.17. The molecule has 0 amide bonds. The normalized spacial score (nSPS) is 32.9. The van der Waals surface area contributed by atoms with E-state index in [1.165, 1.54) is 5.56 Å². The summed E-state index contributed by atoms with van der Waals surface area (Å²) in [7, 11) is 0. The second-order valence-corrected chi connectivity index (χ2v) is 4.06. The zero-order chi connectivity index (χ0) is 10.0. The Morgan fingerprint density at radius 2 is 2.21 bits per heavy atom. The first-order valence-corrected chi connectivity index (χ1v) is 4.98. The van der Waals surface area contributed by atoms with Gasteiger partial charge in [-0.15, -0.1) is 0 Å². The molecule has 1 aliphatic rings. The molecule has 2 heterocycles. The van der Waals surface area contributed by atoms with E-state index >= 15 is 0 Å². The Hall–Kier alpha value is -0.930. The van der Waals surface area contributed by atoms with Crippen molar-refractivity contribution in [2.24, 2.45) is 0 Å². The van der Waals surface area contributed by atoms with Gasteiger partial charge in [-0.2, -0.15) is 0 Å². The van der Waals surface area contributed by atoms with Crippen LogP contribution in [0.1, 0.15) is 19.4 Å². The van der Waals surface area contributed by atoms with Crippen LogP contribution in [0.3, 0.4) is 0 Å². The number of pyridine rings is 1. The lowest BCUT2D eigenvalue weighted by atomic mass is 9.95. The van der Waals surface area contributed by atoms with Crippen molar-refractivity contribution in [2.75, 3.05) is 13.2 Å². The van der Waals surface area contributed by atoms with Crippen molar-refractivity contribution in [1.82, 2.24) is 10.3 Å². The largest absolute Gasteiger partial charge is 0.368 e. The maximum Gasteiger partial charge on any atom is 0.103 e. The molecule has 14 heavy (non-hydrogen) atoms. The van der Waals surface area contributed by atoms with E-state index in [0.717, 1.165) is 13.2 Å². The summed E-state index contributed by atoms with van der Waals surface area (Å²) >= 11 is 0. The standard InChI is InChI=1S/C11H16N2O/c1-9-7-14-11(2,8-13-9)10-3-5-12-6-4-10/h3-6,9,13H,7-8H2,1-2H3. The average Bonchev–Trinajstić information content (AvgIpc) is 2.24. The maximum absolute atomic E-state index is 5.87. The van der Waals surface area contributed by atoms with E-state index in [2.05, 4.69) is 24.1 Å². The molecule has 76 valence electrons. The summed E-state index contributed by atoms with van der Waals surface area (Å²) in [6.07, 6.45) is 3.62. The number of hydrogen-bond donors (Lipinski definition) is 1. The van der Waals surface area contributed by atoms with Crippen LogP contribution in [-0.2, 0) is 10.3 Å². The number of hydrogen-bond acceptors (Lipinski definition) is 3. The van der Waals surface area contributed by atoms with Crippen LogP contribution in [0.25, 0.3) is 0 Å². The summed E-state index contributed by atoms with van der Waals surface area (Å²) in [5.74, 6) is 0. The molecule has 2 rings (SSSR count). The van der Waals surface area contributed by atoms with Crippen LogP contribution in [0, 0.1) is 0 Å². The van der Waals surface area contributed by atoms with Crippen LogP contribution in [0.15, 0.2) is 24.5 Å². The molecule has 2 atom stereocenters. The third-order valence-electron chi connectivity index (χ3n) is 2.73. The number of aromatic nitrogens is 1. The summed E-state index contributed by atoms with van der Waals surface area (Å²) in [5, 5.41) is 3.43. The van der Waals surface area contributed by atoms with Crippen molar-refractivity contribution < 1.29 is 4.74 Å². The first-order chi connectivity index (χ1) is 6.71. The van der Waals surface area contributed by atoms with Gasteiger partial charge in [0.05, 0.1) is 6.61 Å². The third-order valence-corrected chi connectivity index (χ3v) is 2.73. The van der Waals surface area contributed by atoms with Crippen molar-refractivity contribution in [3.8, 4) is 0 Å². The molecule has 1 aromatic rings. The lowest BCUT2D eigenvalue weighted by Gasteiger charge is -2.37. The fourth-order valence-corrected chi connectivity index (χ4v) is 1.68. The highest BCUT2D eigenvalue weighted by molar-refractivity contribution is 5.19. The number of rotatable bonds is 1. The van der Waals surface area contributed by atoms with Crippen molar-refractivity contribution >= 4 is 0 Å². The summed E-state index contributed by atoms with van der Waals surface area (Å²) in [5.41, 5.74) is 0.988. The second kappa shape index (κ2) is 3.67. The Morgan fingerprint density at radius 3 is 2.79 bits per heavy atom. The number of ether oxygens (including phenoxy) is 1. The van der Waals surface area contributed by atoms with Crippen molar-refractivity contribution in [2.45, 2.75) is 25.5 Å². The highest BCUT2D eigenvalue weighted by Gasteiger charge is 2.31. The molecule has 1 N–H and O–H groups in total. The van der Waals surface area contributed by atoms with Gasteiger partial charge in [-0.1, -0.05) is 0 Å². The summed E-state index contributed by atoms with van der Waals surface area (Å²) < 4.78 is 5.87. The van der Waals surface area contributed by atoms with E-state index in [1.807, 2.05) is 24.5 Å². The zero-order valence-electron chi connectivity index (χ0n) is 8.66. The van der Waals surface area contributed by atoms with Crippen molar-refractivity contribution in [3.05, 3.63) is 30.1 Å². The van der Waals surface area contributed by atoms with E-state index < -0.39 is 0 Å². The van der Waals surface area contributed by atoms with Crippen molar-refractivity contribution in [3.63, 3.8) is 0 Å². The van der Waals surface area contributed by atoms with Crippen LogP contribution >= 0.6 is 0 Å². The SMILES string of the molecule is CC1COC(C)(c2ccncc2)CN1. The van der Waals surface area contributed by atoms with Gasteiger partial charge in [0, 0.05) is 25.0 Å². The first-order valence-electron chi connectivity index (χ1n) is 4.98. The molecule has 1 fully saturated rings. The lowest BCUT2D eigenvalue weighted by Crippen LogP contribution is -2.50. The van der Waals surface area contributed by atoms with Crippen LogP contribution in [0.2, 0.25) is 0 Å². The van der Waals surface area contributed by atoms with Gasteiger partial charge in [-0.05, 0) is 31.5 Å². The van der Waals surface area contributed by atoms with Crippen LogP contribution in [-0.4, -0.2) is 24.2 Å². The molecule has 0 bridgehead atoms. The topological polar surface area (TPSA) is 34.1 Å². The minimum absolute atomic E-state index is 0.199. The second-order valence-electron chi connectivity index (χ2n) is 4.06. The molecular weight excluding hydrogens is 176 g/mol. The third kappa shape index (κ3) is 1.79. The van der Waals surface area contributed by atoms with E-state index in [0.29, 0.717) is 6.04 Å². The minimum atomic E-state index is -0.199. The molecule has 3 nitrogen and oxygen atoms in total. The van der Waals surface area contributed by atoms with Gasteiger partial charge in [0.25, 0.3) is 0 Å². The van der Waals surface area contributed by atoms with Gasteiger partial charge in [-0.3, -0.25) is 4.98 Å². The number of nitrogens with zero attached hydrogens (tertiary/aromatic N) is 1. The highest BCUT2D eigenvalue weighted by Crippen LogP contribution is 2.26. The maximum atomic E-state index is 5.87. The van der Waals surface area contributed by atoms with Crippen LogP contribution in [0.4, 0.5) is 0 Å². The molecule has 2 unspecified atom stereocenters. The summed E-state index contributed by atoms with van der Waals surface area (Å²) in [4.78, 5) is 4.01. The average molecular weight is 192 g/mol. The van der Waals surface area contributed by atoms with Crippen molar-refractivity contribution in [1.29, 1.82) is 0 Å². The first kappa shape index (κ1) is 9.62. The van der Waals surface area contributed by atoms with Crippen LogP contribution < -0.4 is 5.32 Å². The van der Waals surface area contributed by atoms with E-state index in [4.69, 9.17) is 4.74 Å². The predicted octanol–water partition coefficient (Wildman–Crippen LogP) is 1.31. The summed E-state index contributed by atoms with van der Waals surface area (Å²) in [6.45, 7) is 5.87. The highest BCUT2D eigenvalue weighted by atomic mass is 16.5. The summed E-state index contributed by atoms with van der Waals surface area (Å²) in [6, 6.07) is 4.47. The van der Waals surface area contributed by atoms with Gasteiger partial charge in [-0.25, -0.2) is 0 Å². The predicted molar refractivity (Wildman–Crippen MR) is 55.0 cm³/mol. The zero-order valence-corrected chi connectivity index (χ0v) is 8.66. The molecule has 1 aromatic heterocycles. The van der Waals surface area contributed by atoms with E-state index in [1.54, 1.807) is 0 Å². The monoisotopic (exact) mass is 192 g/mol. The fourth-order valence-electron chi connectivity index (χ4n) is 1.68. The molecule has 0 spiro atoms. The van der Waals surface area contributed by atoms with Gasteiger partial charge in [0.15, 0.2) is 0 Å². The van der Waals surface area contributed by atoms with E-state index in [9.17, 15) is 0 Å². The number of morpholine rings is 1. The molecule has 1 aliphatic heterocycles. The Labute approximate surface area is 84.5 Å². The molecular formula is C11H16N2O. The Kier molecular flexibility index (Phi) is 2.52.